The second-order valence-electron chi connectivity index (χ2n) is 7.21. The molecule has 1 amide bonds. The number of hydrogen-bond donors (Lipinski definition) is 0. The van der Waals surface area contributed by atoms with Gasteiger partial charge in [-0.1, -0.05) is 26.8 Å². The van der Waals surface area contributed by atoms with Crippen LogP contribution < -0.4 is 0 Å². The Labute approximate surface area is 130 Å². The number of ketones is 1. The van der Waals surface area contributed by atoms with E-state index in [1.807, 2.05) is 20.8 Å². The first kappa shape index (κ1) is 16.7. The van der Waals surface area contributed by atoms with Gasteiger partial charge in [0.2, 0.25) is 11.4 Å². The summed E-state index contributed by atoms with van der Waals surface area (Å²) in [5, 5.41) is 0. The fourth-order valence-corrected chi connectivity index (χ4v) is 3.34. The quantitative estimate of drug-likeness (QED) is 0.446. The number of carbonyl (C=O) groups excluding carboxylic acids is 3. The van der Waals surface area contributed by atoms with Crippen molar-refractivity contribution < 1.29 is 23.9 Å². The van der Waals surface area contributed by atoms with E-state index in [0.717, 1.165) is 0 Å². The average molecular weight is 309 g/mol. The summed E-state index contributed by atoms with van der Waals surface area (Å²) >= 11 is 0. The molecule has 2 saturated heterocycles. The largest absolute Gasteiger partial charge is 0.467 e. The van der Waals surface area contributed by atoms with Gasteiger partial charge in [0.25, 0.3) is 0 Å². The number of hydrogen-bond acceptors (Lipinski definition) is 5. The summed E-state index contributed by atoms with van der Waals surface area (Å²) in [6.45, 7) is 10.7. The number of Topliss-reactive ketones (excluding diaryl/α,β-unsaturated/α-hetero) is 1. The molecule has 22 heavy (non-hydrogen) atoms. The Bertz CT molecular complexity index is 549. The van der Waals surface area contributed by atoms with Crippen molar-refractivity contribution in [3.8, 4) is 0 Å². The third-order valence-electron chi connectivity index (χ3n) is 4.48. The number of methoxy groups -OCH3 is 1. The SMILES string of the molecule is C=CC[C@@]1(C)C(=O)N2[C@@H](C(C)(C)C)OC[C@]2(C(=O)OC)C1=O. The van der Waals surface area contributed by atoms with Crippen molar-refractivity contribution >= 4 is 17.7 Å². The van der Waals surface area contributed by atoms with Gasteiger partial charge in [-0.3, -0.25) is 14.5 Å². The van der Waals surface area contributed by atoms with Crippen LogP contribution in [0.3, 0.4) is 0 Å². The molecule has 2 rings (SSSR count). The third kappa shape index (κ3) is 1.86. The first-order valence-corrected chi connectivity index (χ1v) is 7.27. The summed E-state index contributed by atoms with van der Waals surface area (Å²) < 4.78 is 10.5. The van der Waals surface area contributed by atoms with Crippen LogP contribution in [0.4, 0.5) is 0 Å². The molecule has 3 atom stereocenters. The van der Waals surface area contributed by atoms with E-state index in [0.29, 0.717) is 0 Å². The molecule has 0 bridgehead atoms. The van der Waals surface area contributed by atoms with Crippen molar-refractivity contribution in [2.75, 3.05) is 13.7 Å². The van der Waals surface area contributed by atoms with Gasteiger partial charge in [-0.05, 0) is 13.3 Å². The Kier molecular flexibility index (Phi) is 3.72. The van der Waals surface area contributed by atoms with Gasteiger partial charge in [-0.25, -0.2) is 4.79 Å². The van der Waals surface area contributed by atoms with Crippen LogP contribution in [0.25, 0.3) is 0 Å². The van der Waals surface area contributed by atoms with Crippen LogP contribution in [0, 0.1) is 10.8 Å². The van der Waals surface area contributed by atoms with Crippen LogP contribution in [0.5, 0.6) is 0 Å². The molecule has 0 N–H and O–H groups in total. The van der Waals surface area contributed by atoms with Gasteiger partial charge in [0.1, 0.15) is 11.6 Å². The van der Waals surface area contributed by atoms with E-state index in [9.17, 15) is 14.4 Å². The minimum atomic E-state index is -1.68. The standard InChI is InChI=1S/C16H23NO5/c1-7-8-15(5)10(18)16(13(20)21-6)9-22-12(14(2,3)4)17(16)11(15)19/h7,12H,1,8-9H2,2-6H3/t12-,15-,16-/m1/s1. The van der Waals surface area contributed by atoms with Crippen molar-refractivity contribution in [1.82, 2.24) is 4.90 Å². The van der Waals surface area contributed by atoms with Crippen LogP contribution in [-0.4, -0.2) is 48.0 Å². The van der Waals surface area contributed by atoms with E-state index in [4.69, 9.17) is 9.47 Å². The lowest BCUT2D eigenvalue weighted by Crippen LogP contribution is -2.58. The predicted molar refractivity (Wildman–Crippen MR) is 78.7 cm³/mol. The maximum atomic E-state index is 13.0. The Morgan fingerprint density at radius 3 is 2.55 bits per heavy atom. The number of amides is 1. The normalized spacial score (nSPS) is 34.8. The highest BCUT2D eigenvalue weighted by Gasteiger charge is 2.74. The monoisotopic (exact) mass is 309 g/mol. The predicted octanol–water partition coefficient (Wildman–Crippen LogP) is 1.29. The number of esters is 1. The minimum absolute atomic E-state index is 0.168. The molecule has 2 aliphatic rings. The average Bonchev–Trinajstić information content (AvgIpc) is 2.91. The molecule has 2 heterocycles. The van der Waals surface area contributed by atoms with Gasteiger partial charge in [0, 0.05) is 5.41 Å². The van der Waals surface area contributed by atoms with E-state index in [2.05, 4.69) is 6.58 Å². The zero-order valence-corrected chi connectivity index (χ0v) is 13.8. The molecule has 2 aliphatic heterocycles. The van der Waals surface area contributed by atoms with E-state index in [1.165, 1.54) is 18.1 Å². The molecule has 2 fully saturated rings. The van der Waals surface area contributed by atoms with Gasteiger partial charge in [0.15, 0.2) is 5.78 Å². The van der Waals surface area contributed by atoms with Crippen LogP contribution in [0.2, 0.25) is 0 Å². The number of fused-ring (bicyclic) bond motifs is 1. The fraction of sp³-hybridized carbons (Fsp3) is 0.688. The zero-order valence-electron chi connectivity index (χ0n) is 13.8. The van der Waals surface area contributed by atoms with Crippen molar-refractivity contribution in [1.29, 1.82) is 0 Å². The summed E-state index contributed by atoms with van der Waals surface area (Å²) in [7, 11) is 1.21. The van der Waals surface area contributed by atoms with Gasteiger partial charge >= 0.3 is 5.97 Å². The summed E-state index contributed by atoms with van der Waals surface area (Å²) in [4.78, 5) is 39.7. The number of allylic oxidation sites excluding steroid dienone is 1. The van der Waals surface area contributed by atoms with E-state index < -0.39 is 40.3 Å². The van der Waals surface area contributed by atoms with Crippen molar-refractivity contribution in [2.24, 2.45) is 10.8 Å². The van der Waals surface area contributed by atoms with E-state index in [1.54, 1.807) is 6.92 Å². The smallest absolute Gasteiger partial charge is 0.342 e. The Balaban J connectivity index is 2.63. The molecule has 0 aliphatic carbocycles. The highest BCUT2D eigenvalue weighted by atomic mass is 16.6. The topological polar surface area (TPSA) is 72.9 Å². The Morgan fingerprint density at radius 2 is 2.09 bits per heavy atom. The second kappa shape index (κ2) is 4.91. The Hall–Kier alpha value is -1.69. The minimum Gasteiger partial charge on any atom is -0.467 e. The lowest BCUT2D eigenvalue weighted by molar-refractivity contribution is -0.160. The van der Waals surface area contributed by atoms with Crippen LogP contribution in [0.1, 0.15) is 34.1 Å². The van der Waals surface area contributed by atoms with Gasteiger partial charge in [0.05, 0.1) is 13.7 Å². The number of rotatable bonds is 3. The zero-order chi connectivity index (χ0) is 16.9. The molecule has 6 nitrogen and oxygen atoms in total. The number of carbonyl (C=O) groups is 3. The van der Waals surface area contributed by atoms with Crippen LogP contribution in [0.15, 0.2) is 12.7 Å². The summed E-state index contributed by atoms with van der Waals surface area (Å²) in [5.41, 5.74) is -3.42. The van der Waals surface area contributed by atoms with E-state index in [-0.39, 0.29) is 13.0 Å². The van der Waals surface area contributed by atoms with Crippen molar-refractivity contribution in [2.45, 2.75) is 45.9 Å². The number of nitrogens with zero attached hydrogens (tertiary/aromatic N) is 1. The highest BCUT2D eigenvalue weighted by Crippen LogP contribution is 2.50. The molecule has 0 aromatic carbocycles. The molecule has 0 aromatic rings. The molecule has 122 valence electrons. The molecule has 6 heteroatoms. The summed E-state index contributed by atoms with van der Waals surface area (Å²) in [6.07, 6.45) is 1.04. The molecule has 0 radical (unpaired) electrons. The van der Waals surface area contributed by atoms with Crippen molar-refractivity contribution in [3.63, 3.8) is 0 Å². The highest BCUT2D eigenvalue weighted by molar-refractivity contribution is 6.26. The van der Waals surface area contributed by atoms with Crippen LogP contribution >= 0.6 is 0 Å². The van der Waals surface area contributed by atoms with Gasteiger partial charge in [-0.15, -0.1) is 6.58 Å². The molecule has 0 saturated carbocycles. The molecule has 0 unspecified atom stereocenters. The first-order valence-electron chi connectivity index (χ1n) is 7.27. The van der Waals surface area contributed by atoms with E-state index >= 15 is 0 Å². The molecular formula is C16H23NO5. The molecule has 0 aromatic heterocycles. The maximum Gasteiger partial charge on any atom is 0.342 e. The van der Waals surface area contributed by atoms with Crippen LogP contribution in [-0.2, 0) is 23.9 Å². The van der Waals surface area contributed by atoms with Gasteiger partial charge < -0.3 is 9.47 Å². The van der Waals surface area contributed by atoms with Crippen molar-refractivity contribution in [3.05, 3.63) is 12.7 Å². The van der Waals surface area contributed by atoms with Gasteiger partial charge in [-0.2, -0.15) is 0 Å². The lowest BCUT2D eigenvalue weighted by Gasteiger charge is -2.35. The summed E-state index contributed by atoms with van der Waals surface area (Å²) in [5.74, 6) is -1.62. The third-order valence-corrected chi connectivity index (χ3v) is 4.48. The second-order valence-corrected chi connectivity index (χ2v) is 7.21. The molecule has 0 spiro atoms. The lowest BCUT2D eigenvalue weighted by atomic mass is 9.78. The summed E-state index contributed by atoms with van der Waals surface area (Å²) in [6, 6.07) is 0. The maximum absolute atomic E-state index is 13.0. The fourth-order valence-electron chi connectivity index (χ4n) is 3.34. The first-order chi connectivity index (χ1) is 10.1. The number of ether oxygens (including phenoxy) is 2. The Morgan fingerprint density at radius 1 is 1.50 bits per heavy atom. The molecular weight excluding hydrogens is 286 g/mol.